The zero-order valence-corrected chi connectivity index (χ0v) is 12.0. The van der Waals surface area contributed by atoms with Crippen molar-refractivity contribution in [3.05, 3.63) is 0 Å². The van der Waals surface area contributed by atoms with Gasteiger partial charge >= 0.3 is 12.0 Å². The van der Waals surface area contributed by atoms with Crippen molar-refractivity contribution in [1.29, 1.82) is 0 Å². The number of rotatable bonds is 4. The van der Waals surface area contributed by atoms with Gasteiger partial charge in [0.1, 0.15) is 0 Å². The summed E-state index contributed by atoms with van der Waals surface area (Å²) in [5.74, 6) is -0.684. The third kappa shape index (κ3) is 2.55. The first-order valence-electron chi connectivity index (χ1n) is 7.25. The Balaban J connectivity index is 2.09. The summed E-state index contributed by atoms with van der Waals surface area (Å²) >= 11 is 0. The highest BCUT2D eigenvalue weighted by molar-refractivity contribution is 5.79. The van der Waals surface area contributed by atoms with Crippen LogP contribution in [-0.2, 0) is 4.79 Å². The Morgan fingerprint density at radius 1 is 1.37 bits per heavy atom. The van der Waals surface area contributed by atoms with Gasteiger partial charge in [-0.15, -0.1) is 0 Å². The number of fused-ring (bicyclic) bond motifs is 2. The van der Waals surface area contributed by atoms with Crippen LogP contribution in [0, 0.1) is 11.8 Å². The van der Waals surface area contributed by atoms with E-state index in [1.807, 2.05) is 16.7 Å². The molecular weight excluding hydrogens is 244 g/mol. The lowest BCUT2D eigenvalue weighted by Crippen LogP contribution is -2.47. The van der Waals surface area contributed by atoms with Gasteiger partial charge in [0.05, 0.1) is 5.92 Å². The Labute approximate surface area is 114 Å². The van der Waals surface area contributed by atoms with Crippen LogP contribution in [0.4, 0.5) is 4.79 Å². The molecule has 0 aliphatic carbocycles. The maximum absolute atomic E-state index is 12.6. The monoisotopic (exact) mass is 268 g/mol. The van der Waals surface area contributed by atoms with E-state index in [-0.39, 0.29) is 24.0 Å². The predicted octanol–water partition coefficient (Wildman–Crippen LogP) is 2.02. The van der Waals surface area contributed by atoms with Crippen molar-refractivity contribution in [3.8, 4) is 0 Å². The first kappa shape index (κ1) is 14.2. The SMILES string of the molecule is CCN(CC(C)C)C(=O)N1C2CCC1C(C(=O)O)C2. The van der Waals surface area contributed by atoms with E-state index in [9.17, 15) is 14.7 Å². The molecule has 0 aromatic carbocycles. The van der Waals surface area contributed by atoms with Gasteiger partial charge in [-0.2, -0.15) is 0 Å². The number of hydrogen-bond acceptors (Lipinski definition) is 2. The Morgan fingerprint density at radius 2 is 2.05 bits per heavy atom. The molecule has 5 nitrogen and oxygen atoms in total. The number of carboxylic acid groups (broad SMARTS) is 1. The molecule has 3 unspecified atom stereocenters. The lowest BCUT2D eigenvalue weighted by atomic mass is 9.89. The summed E-state index contributed by atoms with van der Waals surface area (Å²) in [7, 11) is 0. The molecule has 2 heterocycles. The fraction of sp³-hybridized carbons (Fsp3) is 0.857. The minimum atomic E-state index is -0.753. The quantitative estimate of drug-likeness (QED) is 0.848. The first-order valence-corrected chi connectivity index (χ1v) is 7.25. The van der Waals surface area contributed by atoms with Crippen LogP contribution in [0.25, 0.3) is 0 Å². The number of carbonyl (C=O) groups excluding carboxylic acids is 1. The van der Waals surface area contributed by atoms with E-state index in [0.29, 0.717) is 18.9 Å². The largest absolute Gasteiger partial charge is 0.481 e. The van der Waals surface area contributed by atoms with Crippen LogP contribution in [-0.4, -0.2) is 52.1 Å². The van der Waals surface area contributed by atoms with Crippen molar-refractivity contribution < 1.29 is 14.7 Å². The van der Waals surface area contributed by atoms with Gasteiger partial charge in [-0.25, -0.2) is 4.79 Å². The van der Waals surface area contributed by atoms with Crippen molar-refractivity contribution in [2.75, 3.05) is 13.1 Å². The summed E-state index contributed by atoms with van der Waals surface area (Å²) < 4.78 is 0. The summed E-state index contributed by atoms with van der Waals surface area (Å²) in [5.41, 5.74) is 0. The Morgan fingerprint density at radius 3 is 2.53 bits per heavy atom. The summed E-state index contributed by atoms with van der Waals surface area (Å²) in [4.78, 5) is 27.5. The molecule has 3 atom stereocenters. The molecule has 0 spiro atoms. The standard InChI is InChI=1S/C14H24N2O3/c1-4-15(8-9(2)3)14(19)16-10-5-6-12(16)11(7-10)13(17)18/h9-12H,4-8H2,1-3H3,(H,17,18). The highest BCUT2D eigenvalue weighted by atomic mass is 16.4. The van der Waals surface area contributed by atoms with E-state index >= 15 is 0 Å². The van der Waals surface area contributed by atoms with Crippen molar-refractivity contribution in [2.24, 2.45) is 11.8 Å². The molecule has 5 heteroatoms. The van der Waals surface area contributed by atoms with Crippen molar-refractivity contribution in [2.45, 2.75) is 52.1 Å². The lowest BCUT2D eigenvalue weighted by Gasteiger charge is -2.31. The van der Waals surface area contributed by atoms with Crippen LogP contribution in [0.1, 0.15) is 40.0 Å². The van der Waals surface area contributed by atoms with E-state index in [1.54, 1.807) is 0 Å². The summed E-state index contributed by atoms with van der Waals surface area (Å²) in [6.45, 7) is 7.59. The minimum Gasteiger partial charge on any atom is -0.481 e. The maximum Gasteiger partial charge on any atom is 0.320 e. The third-order valence-electron chi connectivity index (χ3n) is 4.31. The van der Waals surface area contributed by atoms with Gasteiger partial charge in [-0.05, 0) is 32.1 Å². The van der Waals surface area contributed by atoms with Gasteiger partial charge in [0, 0.05) is 25.2 Å². The van der Waals surface area contributed by atoms with Gasteiger partial charge in [0.2, 0.25) is 0 Å². The Bertz CT molecular complexity index is 370. The summed E-state index contributed by atoms with van der Waals surface area (Å²) in [5, 5.41) is 9.22. The molecule has 2 rings (SSSR count). The molecule has 0 aromatic heterocycles. The van der Waals surface area contributed by atoms with E-state index in [0.717, 1.165) is 19.4 Å². The maximum atomic E-state index is 12.6. The molecule has 0 saturated carbocycles. The fourth-order valence-electron chi connectivity index (χ4n) is 3.50. The van der Waals surface area contributed by atoms with Gasteiger partial charge in [-0.3, -0.25) is 4.79 Å². The van der Waals surface area contributed by atoms with Crippen LogP contribution in [0.5, 0.6) is 0 Å². The Hall–Kier alpha value is -1.26. The minimum absolute atomic E-state index is 0.0347. The number of nitrogens with zero attached hydrogens (tertiary/aromatic N) is 2. The van der Waals surface area contributed by atoms with Crippen LogP contribution >= 0.6 is 0 Å². The molecule has 0 aromatic rings. The predicted molar refractivity (Wildman–Crippen MR) is 71.9 cm³/mol. The van der Waals surface area contributed by atoms with Gasteiger partial charge in [-0.1, -0.05) is 13.8 Å². The smallest absolute Gasteiger partial charge is 0.320 e. The molecule has 1 N–H and O–H groups in total. The van der Waals surface area contributed by atoms with Crippen molar-refractivity contribution in [1.82, 2.24) is 9.80 Å². The molecule has 2 amide bonds. The second kappa shape index (κ2) is 5.39. The molecular formula is C14H24N2O3. The molecule has 19 heavy (non-hydrogen) atoms. The van der Waals surface area contributed by atoms with E-state index in [4.69, 9.17) is 0 Å². The van der Waals surface area contributed by atoms with Gasteiger partial charge in [0.15, 0.2) is 0 Å². The molecule has 2 bridgehead atoms. The molecule has 0 radical (unpaired) electrons. The summed E-state index contributed by atoms with van der Waals surface area (Å²) in [6, 6.07) is 0.0866. The zero-order valence-electron chi connectivity index (χ0n) is 12.0. The number of hydrogen-bond donors (Lipinski definition) is 1. The second-order valence-electron chi connectivity index (χ2n) is 6.10. The van der Waals surface area contributed by atoms with Crippen molar-refractivity contribution in [3.63, 3.8) is 0 Å². The summed E-state index contributed by atoms with van der Waals surface area (Å²) in [6.07, 6.45) is 2.43. The highest BCUT2D eigenvalue weighted by Crippen LogP contribution is 2.42. The Kier molecular flexibility index (Phi) is 4.02. The zero-order chi connectivity index (χ0) is 14.2. The average Bonchev–Trinajstić information content (AvgIpc) is 2.92. The number of carbonyl (C=O) groups is 2. The van der Waals surface area contributed by atoms with Gasteiger partial charge < -0.3 is 14.9 Å². The highest BCUT2D eigenvalue weighted by Gasteiger charge is 2.52. The van der Waals surface area contributed by atoms with Crippen LogP contribution in [0.2, 0.25) is 0 Å². The number of urea groups is 1. The second-order valence-corrected chi connectivity index (χ2v) is 6.10. The normalized spacial score (nSPS) is 29.1. The van der Waals surface area contributed by atoms with Crippen molar-refractivity contribution >= 4 is 12.0 Å². The number of carboxylic acids is 1. The van der Waals surface area contributed by atoms with E-state index in [1.165, 1.54) is 0 Å². The average molecular weight is 268 g/mol. The molecule has 2 aliphatic heterocycles. The first-order chi connectivity index (χ1) is 8.95. The molecule has 2 fully saturated rings. The molecule has 2 saturated heterocycles. The molecule has 108 valence electrons. The number of amides is 2. The third-order valence-corrected chi connectivity index (χ3v) is 4.31. The van der Waals surface area contributed by atoms with E-state index < -0.39 is 5.97 Å². The van der Waals surface area contributed by atoms with Crippen LogP contribution < -0.4 is 0 Å². The lowest BCUT2D eigenvalue weighted by molar-refractivity contribution is -0.142. The number of aliphatic carboxylic acids is 1. The topological polar surface area (TPSA) is 60.9 Å². The van der Waals surface area contributed by atoms with E-state index in [2.05, 4.69) is 13.8 Å². The van der Waals surface area contributed by atoms with Crippen LogP contribution in [0.3, 0.4) is 0 Å². The van der Waals surface area contributed by atoms with Crippen LogP contribution in [0.15, 0.2) is 0 Å². The molecule has 2 aliphatic rings. The fourth-order valence-corrected chi connectivity index (χ4v) is 3.50. The van der Waals surface area contributed by atoms with Gasteiger partial charge in [0.25, 0.3) is 0 Å².